The number of fused-ring (bicyclic) bond motifs is 3. The quantitative estimate of drug-likeness (QED) is 0.124. The monoisotopic (exact) mass is 722 g/mol. The van der Waals surface area contributed by atoms with Crippen molar-refractivity contribution in [1.29, 1.82) is 0 Å². The Bertz CT molecular complexity index is 2540. The van der Waals surface area contributed by atoms with E-state index in [2.05, 4.69) is 145 Å². The van der Waals surface area contributed by atoms with Crippen LogP contribution in [0.25, 0.3) is 34.2 Å². The molecule has 4 aromatic carbocycles. The smallest absolute Gasteiger partial charge is 0.150 e. The summed E-state index contributed by atoms with van der Waals surface area (Å²) in [5.41, 5.74) is 6.91. The highest BCUT2D eigenvalue weighted by Crippen LogP contribution is 2.48. The van der Waals surface area contributed by atoms with Crippen LogP contribution in [0.4, 0.5) is 11.4 Å². The summed E-state index contributed by atoms with van der Waals surface area (Å²) < 4.78 is 6.51. The average Bonchev–Trinajstić information content (AvgIpc) is 3.56. The molecule has 54 heavy (non-hydrogen) atoms. The molecular formula is C48H42N4OS. The van der Waals surface area contributed by atoms with Gasteiger partial charge in [-0.15, -0.1) is 11.8 Å². The second-order valence-corrected chi connectivity index (χ2v) is 15.0. The molecule has 8 rings (SSSR count). The maximum atomic E-state index is 6.51. The highest BCUT2D eigenvalue weighted by atomic mass is 32.2. The summed E-state index contributed by atoms with van der Waals surface area (Å²) in [5.74, 6) is 1.18. The Labute approximate surface area is 321 Å². The molecule has 0 N–H and O–H groups in total. The minimum absolute atomic E-state index is 0.248. The summed E-state index contributed by atoms with van der Waals surface area (Å²) in [6.07, 6.45) is 26.2. The molecule has 2 aliphatic carbocycles. The van der Waals surface area contributed by atoms with E-state index >= 15 is 0 Å². The highest BCUT2D eigenvalue weighted by Gasteiger charge is 2.34. The van der Waals surface area contributed by atoms with Crippen LogP contribution in [0.1, 0.15) is 25.8 Å². The largest absolute Gasteiger partial charge is 0.456 e. The molecule has 5 aromatic rings. The number of amidine groups is 2. The molecule has 0 bridgehead atoms. The Morgan fingerprint density at radius 2 is 1.70 bits per heavy atom. The maximum absolute atomic E-state index is 6.51. The van der Waals surface area contributed by atoms with Gasteiger partial charge in [0.2, 0.25) is 0 Å². The Morgan fingerprint density at radius 1 is 0.926 bits per heavy atom. The van der Waals surface area contributed by atoms with E-state index in [0.717, 1.165) is 44.7 Å². The zero-order valence-corrected chi connectivity index (χ0v) is 31.4. The first kappa shape index (κ1) is 35.1. The van der Waals surface area contributed by atoms with Gasteiger partial charge in [-0.2, -0.15) is 0 Å². The Morgan fingerprint density at radius 3 is 2.48 bits per heavy atom. The molecule has 1 aliphatic heterocycles. The van der Waals surface area contributed by atoms with E-state index in [1.807, 2.05) is 67.3 Å². The first-order chi connectivity index (χ1) is 26.5. The van der Waals surface area contributed by atoms with E-state index < -0.39 is 5.41 Å². The van der Waals surface area contributed by atoms with Crippen molar-refractivity contribution in [3.63, 3.8) is 0 Å². The average molecular weight is 723 g/mol. The van der Waals surface area contributed by atoms with Gasteiger partial charge >= 0.3 is 0 Å². The highest BCUT2D eigenvalue weighted by molar-refractivity contribution is 8.00. The van der Waals surface area contributed by atoms with Gasteiger partial charge in [0.05, 0.1) is 23.5 Å². The van der Waals surface area contributed by atoms with E-state index in [1.54, 1.807) is 0 Å². The minimum Gasteiger partial charge on any atom is -0.456 e. The molecule has 0 saturated heterocycles. The molecule has 0 spiro atoms. The Kier molecular flexibility index (Phi) is 10.1. The summed E-state index contributed by atoms with van der Waals surface area (Å²) in [7, 11) is 0. The van der Waals surface area contributed by atoms with E-state index in [4.69, 9.17) is 14.4 Å². The third kappa shape index (κ3) is 7.17. The van der Waals surface area contributed by atoms with Crippen molar-refractivity contribution in [2.45, 2.75) is 43.0 Å². The lowest BCUT2D eigenvalue weighted by atomic mass is 9.82. The van der Waals surface area contributed by atoms with Crippen molar-refractivity contribution < 1.29 is 4.42 Å². The fourth-order valence-corrected chi connectivity index (χ4v) is 8.52. The first-order valence-electron chi connectivity index (χ1n) is 18.4. The van der Waals surface area contributed by atoms with Crippen molar-refractivity contribution in [1.82, 2.24) is 0 Å². The van der Waals surface area contributed by atoms with Crippen molar-refractivity contribution >= 4 is 64.6 Å². The van der Waals surface area contributed by atoms with E-state index in [-0.39, 0.29) is 6.04 Å². The predicted octanol–water partition coefficient (Wildman–Crippen LogP) is 10.6. The van der Waals surface area contributed by atoms with E-state index in [1.165, 1.54) is 16.3 Å². The minimum atomic E-state index is -0.395. The number of allylic oxidation sites excluding steroid dienone is 7. The number of furan rings is 1. The van der Waals surface area contributed by atoms with Crippen LogP contribution in [-0.2, 0) is 6.54 Å². The van der Waals surface area contributed by atoms with E-state index in [0.29, 0.717) is 23.5 Å². The molecule has 0 saturated carbocycles. The van der Waals surface area contributed by atoms with Crippen LogP contribution in [-0.4, -0.2) is 29.7 Å². The molecule has 1 aromatic heterocycles. The summed E-state index contributed by atoms with van der Waals surface area (Å²) in [4.78, 5) is 18.3. The lowest BCUT2D eigenvalue weighted by Gasteiger charge is -2.42. The SMILES string of the molecule is C=NC(=NC(C=c1/c(=C\C=C/C)oc2ccc(-c3ccc4c(c3)SC3C=CC=CC3N4c3ccccc3)cc12)=NCc1ccccc1)C1(C)C=CC=CC1. The standard InChI is InChI=1S/C48H42N4OS/c1-4-5-22-42-39(32-46(50-33-34-17-9-6-10-18-34)51-47(49-3)48(2)28-15-8-16-29-48)38-30-35(25-27-43(38)53-42)36-24-26-41-45(31-36)54-44-23-14-13-21-40(44)52(41)37-19-11-7-12-20-37/h4-28,30-32,40,44H,3,29,33H2,1-2H3/b5-4-,39-32?,42-22+,50-46?,51-47?. The number of hydrogen-bond acceptors (Lipinski definition) is 4. The second kappa shape index (κ2) is 15.6. The maximum Gasteiger partial charge on any atom is 0.150 e. The normalized spacial score (nSPS) is 21.6. The van der Waals surface area contributed by atoms with Crippen LogP contribution >= 0.6 is 11.8 Å². The first-order valence-corrected chi connectivity index (χ1v) is 19.3. The number of benzene rings is 4. The predicted molar refractivity (Wildman–Crippen MR) is 231 cm³/mol. The van der Waals surface area contributed by atoms with Gasteiger partial charge in [-0.05, 0) is 92.2 Å². The van der Waals surface area contributed by atoms with Crippen LogP contribution < -0.4 is 15.5 Å². The van der Waals surface area contributed by atoms with Crippen LogP contribution in [0, 0.1) is 5.41 Å². The Hall–Kier alpha value is -5.98. The third-order valence-corrected chi connectivity index (χ3v) is 11.4. The number of thioether (sulfide) groups is 1. The summed E-state index contributed by atoms with van der Waals surface area (Å²) in [6, 6.07) is 34.5. The summed E-state index contributed by atoms with van der Waals surface area (Å²) in [6.45, 7) is 8.54. The lowest BCUT2D eigenvalue weighted by Crippen LogP contribution is -2.41. The van der Waals surface area contributed by atoms with Crippen molar-refractivity contribution in [3.05, 3.63) is 174 Å². The third-order valence-electron chi connectivity index (χ3n) is 10.1. The van der Waals surface area contributed by atoms with Crippen LogP contribution in [0.2, 0.25) is 0 Å². The molecule has 6 heteroatoms. The van der Waals surface area contributed by atoms with Gasteiger partial charge in [-0.1, -0.05) is 121 Å². The van der Waals surface area contributed by atoms with Crippen molar-refractivity contribution in [2.75, 3.05) is 4.90 Å². The van der Waals surface area contributed by atoms with Gasteiger partial charge in [-0.3, -0.25) is 4.99 Å². The molecule has 3 aliphatic rings. The van der Waals surface area contributed by atoms with Gasteiger partial charge < -0.3 is 9.32 Å². The van der Waals surface area contributed by atoms with Gasteiger partial charge in [0.25, 0.3) is 0 Å². The molecule has 0 radical (unpaired) electrons. The second-order valence-electron chi connectivity index (χ2n) is 13.8. The Balaban J connectivity index is 1.26. The summed E-state index contributed by atoms with van der Waals surface area (Å²) in [5, 5.41) is 2.21. The van der Waals surface area contributed by atoms with Gasteiger partial charge in [-0.25, -0.2) is 9.98 Å². The van der Waals surface area contributed by atoms with Crippen LogP contribution in [0.3, 0.4) is 0 Å². The fourth-order valence-electron chi connectivity index (χ4n) is 7.23. The number of rotatable bonds is 7. The van der Waals surface area contributed by atoms with Crippen LogP contribution in [0.5, 0.6) is 0 Å². The van der Waals surface area contributed by atoms with Gasteiger partial charge in [0, 0.05) is 26.6 Å². The van der Waals surface area contributed by atoms with Crippen molar-refractivity contribution in [2.24, 2.45) is 20.4 Å². The lowest BCUT2D eigenvalue weighted by molar-refractivity contribution is 0.576. The number of aliphatic imine (C=N–C) groups is 3. The fraction of sp³-hybridized carbons (Fsp3) is 0.146. The summed E-state index contributed by atoms with van der Waals surface area (Å²) >= 11 is 1.93. The molecular weight excluding hydrogens is 681 g/mol. The molecule has 5 nitrogen and oxygen atoms in total. The number of anilines is 2. The zero-order valence-electron chi connectivity index (χ0n) is 30.5. The molecule has 2 heterocycles. The molecule has 0 amide bonds. The molecule has 3 unspecified atom stereocenters. The zero-order chi connectivity index (χ0) is 36.9. The number of para-hydroxylation sites is 1. The van der Waals surface area contributed by atoms with Gasteiger partial charge in [0.15, 0.2) is 5.84 Å². The van der Waals surface area contributed by atoms with E-state index in [9.17, 15) is 0 Å². The van der Waals surface area contributed by atoms with Gasteiger partial charge in [0.1, 0.15) is 16.8 Å². The van der Waals surface area contributed by atoms with Crippen LogP contribution in [0.15, 0.2) is 182 Å². The molecule has 0 fully saturated rings. The topological polar surface area (TPSA) is 53.5 Å². The number of nitrogens with zero attached hydrogens (tertiary/aromatic N) is 4. The molecule has 3 atom stereocenters. The molecule has 266 valence electrons. The number of hydrogen-bond donors (Lipinski definition) is 0. The van der Waals surface area contributed by atoms with Crippen molar-refractivity contribution in [3.8, 4) is 11.1 Å².